The summed E-state index contributed by atoms with van der Waals surface area (Å²) in [6.45, 7) is 0. The van der Waals surface area contributed by atoms with E-state index >= 15 is 0 Å². The first-order valence-corrected chi connectivity index (χ1v) is 12.1. The molecule has 0 atom stereocenters. The Morgan fingerprint density at radius 1 is 0.879 bits per heavy atom. The summed E-state index contributed by atoms with van der Waals surface area (Å²) in [6.07, 6.45) is 17.6. The monoisotopic (exact) mass is 449 g/mol. The Hall–Kier alpha value is -2.85. The zero-order valence-electron chi connectivity index (χ0n) is 19.7. The minimum atomic E-state index is -0.332. The lowest BCUT2D eigenvalue weighted by atomic mass is 9.71. The maximum atomic E-state index is 12.0. The van der Waals surface area contributed by atoms with E-state index < -0.39 is 0 Å². The highest BCUT2D eigenvalue weighted by Crippen LogP contribution is 2.40. The first-order chi connectivity index (χ1) is 16.1. The van der Waals surface area contributed by atoms with Crippen molar-refractivity contribution < 1.29 is 14.3 Å². The van der Waals surface area contributed by atoms with Crippen molar-refractivity contribution in [2.75, 3.05) is 7.11 Å². The third-order valence-corrected chi connectivity index (χ3v) is 6.98. The number of rotatable bonds is 6. The number of hydrogen-bond acceptors (Lipinski definition) is 6. The molecular formula is C27H35N3O3. The lowest BCUT2D eigenvalue weighted by Crippen LogP contribution is -2.36. The summed E-state index contributed by atoms with van der Waals surface area (Å²) in [6, 6.07) is 11.7. The maximum absolute atomic E-state index is 12.0. The molecule has 176 valence electrons. The van der Waals surface area contributed by atoms with Crippen LogP contribution in [-0.4, -0.2) is 34.7 Å². The van der Waals surface area contributed by atoms with Crippen LogP contribution >= 0.6 is 0 Å². The van der Waals surface area contributed by atoms with Gasteiger partial charge in [0.2, 0.25) is 6.08 Å². The van der Waals surface area contributed by atoms with E-state index in [4.69, 9.17) is 4.74 Å². The highest BCUT2D eigenvalue weighted by atomic mass is 16.5. The number of methoxy groups -OCH3 is 1. The lowest BCUT2D eigenvalue weighted by molar-refractivity contribution is -0.155. The van der Waals surface area contributed by atoms with Gasteiger partial charge in [0.05, 0.1) is 18.1 Å². The fourth-order valence-electron chi connectivity index (χ4n) is 5.22. The van der Waals surface area contributed by atoms with E-state index in [1.807, 2.05) is 36.4 Å². The summed E-state index contributed by atoms with van der Waals surface area (Å²) < 4.78 is 5.00. The van der Waals surface area contributed by atoms with Gasteiger partial charge in [-0.2, -0.15) is 4.99 Å². The summed E-state index contributed by atoms with van der Waals surface area (Å²) in [5, 5.41) is 0. The molecule has 2 aliphatic rings. The average molecular weight is 450 g/mol. The first-order valence-electron chi connectivity index (χ1n) is 12.1. The minimum absolute atomic E-state index is 0.0668. The van der Waals surface area contributed by atoms with Gasteiger partial charge < -0.3 is 4.74 Å². The van der Waals surface area contributed by atoms with E-state index in [1.165, 1.54) is 20.0 Å². The summed E-state index contributed by atoms with van der Waals surface area (Å²) in [5.41, 5.74) is 1.44. The molecule has 0 aromatic carbocycles. The molecule has 0 saturated heterocycles. The Bertz CT molecular complexity index is 899. The molecule has 4 rings (SSSR count). The Morgan fingerprint density at radius 3 is 1.91 bits per heavy atom. The second kappa shape index (κ2) is 12.4. The smallest absolute Gasteiger partial charge is 0.312 e. The molecule has 0 unspecified atom stereocenters. The second-order valence-electron chi connectivity index (χ2n) is 9.32. The zero-order valence-corrected chi connectivity index (χ0v) is 19.7. The van der Waals surface area contributed by atoms with Crippen LogP contribution in [0.5, 0.6) is 0 Å². The van der Waals surface area contributed by atoms with Crippen molar-refractivity contribution in [1.29, 1.82) is 0 Å². The van der Waals surface area contributed by atoms with Crippen LogP contribution in [0.25, 0.3) is 0 Å². The topological polar surface area (TPSA) is 81.5 Å². The molecule has 0 radical (unpaired) electrons. The van der Waals surface area contributed by atoms with Gasteiger partial charge >= 0.3 is 5.97 Å². The molecule has 6 heteroatoms. The molecule has 0 aliphatic heterocycles. The summed E-state index contributed by atoms with van der Waals surface area (Å²) in [4.78, 5) is 35.3. The van der Waals surface area contributed by atoms with Gasteiger partial charge in [0, 0.05) is 36.6 Å². The number of aromatic nitrogens is 2. The van der Waals surface area contributed by atoms with Crippen LogP contribution in [0.4, 0.5) is 0 Å². The molecule has 6 nitrogen and oxygen atoms in total. The van der Waals surface area contributed by atoms with Crippen molar-refractivity contribution in [3.8, 4) is 0 Å². The standard InChI is InChI=1S/C14H19NO2.C13H16N2O/c1-17-13(16)14(8-4-2-5-9-14)11-12-7-3-6-10-15-12;16-11-15-13(7-3-1-4-8-13)10-12-6-2-5-9-14-12/h3,6-7,10H,2,4-5,8-9,11H2,1H3;2,5-6,9H,1,3-4,7-8,10H2. The third-order valence-electron chi connectivity index (χ3n) is 6.98. The van der Waals surface area contributed by atoms with Gasteiger partial charge in [-0.3, -0.25) is 14.8 Å². The van der Waals surface area contributed by atoms with Crippen LogP contribution in [0.3, 0.4) is 0 Å². The number of hydrogen-bond donors (Lipinski definition) is 0. The lowest BCUT2D eigenvalue weighted by Gasteiger charge is -2.34. The van der Waals surface area contributed by atoms with Crippen LogP contribution in [0, 0.1) is 5.41 Å². The summed E-state index contributed by atoms with van der Waals surface area (Å²) in [7, 11) is 1.48. The number of isocyanates is 1. The fraction of sp³-hybridized carbons (Fsp3) is 0.556. The van der Waals surface area contributed by atoms with Crippen LogP contribution in [0.1, 0.15) is 75.6 Å². The van der Waals surface area contributed by atoms with Crippen molar-refractivity contribution in [2.45, 2.75) is 82.6 Å². The van der Waals surface area contributed by atoms with E-state index in [0.29, 0.717) is 6.42 Å². The van der Waals surface area contributed by atoms with Crippen LogP contribution in [-0.2, 0) is 27.2 Å². The number of pyridine rings is 2. The number of carbonyl (C=O) groups excluding carboxylic acids is 2. The Kier molecular flexibility index (Phi) is 9.32. The Balaban J connectivity index is 0.000000186. The van der Waals surface area contributed by atoms with E-state index in [-0.39, 0.29) is 16.9 Å². The fourth-order valence-corrected chi connectivity index (χ4v) is 5.22. The quantitative estimate of drug-likeness (QED) is 0.335. The van der Waals surface area contributed by atoms with Gasteiger partial charge in [0.25, 0.3) is 0 Å². The van der Waals surface area contributed by atoms with Crippen molar-refractivity contribution in [1.82, 2.24) is 9.97 Å². The van der Waals surface area contributed by atoms with E-state index in [2.05, 4.69) is 15.0 Å². The number of ether oxygens (including phenoxy) is 1. The maximum Gasteiger partial charge on any atom is 0.312 e. The van der Waals surface area contributed by atoms with Gasteiger partial charge in [0.15, 0.2) is 0 Å². The summed E-state index contributed by atoms with van der Waals surface area (Å²) >= 11 is 0. The molecule has 2 saturated carbocycles. The largest absolute Gasteiger partial charge is 0.469 e. The number of esters is 1. The van der Waals surface area contributed by atoms with Gasteiger partial charge in [-0.25, -0.2) is 4.79 Å². The van der Waals surface area contributed by atoms with Gasteiger partial charge in [-0.05, 0) is 49.9 Å². The molecule has 2 aromatic rings. The van der Waals surface area contributed by atoms with E-state index in [0.717, 1.165) is 69.2 Å². The molecule has 0 bridgehead atoms. The van der Waals surface area contributed by atoms with Crippen molar-refractivity contribution in [3.63, 3.8) is 0 Å². The highest BCUT2D eigenvalue weighted by molar-refractivity contribution is 5.77. The molecular weight excluding hydrogens is 414 g/mol. The molecule has 2 heterocycles. The predicted molar refractivity (Wildman–Crippen MR) is 127 cm³/mol. The third kappa shape index (κ3) is 7.06. The zero-order chi connectivity index (χ0) is 23.4. The van der Waals surface area contributed by atoms with E-state index in [1.54, 1.807) is 18.5 Å². The van der Waals surface area contributed by atoms with Gasteiger partial charge in [-0.15, -0.1) is 0 Å². The number of aliphatic imine (C=N–C) groups is 1. The normalized spacial score (nSPS) is 18.7. The molecule has 2 fully saturated rings. The molecule has 0 spiro atoms. The molecule has 2 aromatic heterocycles. The molecule has 0 N–H and O–H groups in total. The van der Waals surface area contributed by atoms with Crippen molar-refractivity contribution in [3.05, 3.63) is 60.2 Å². The van der Waals surface area contributed by atoms with E-state index in [9.17, 15) is 9.59 Å². The SMILES string of the molecule is COC(=O)C1(Cc2ccccn2)CCCCC1.O=C=NC1(Cc2ccccn2)CCCCC1. The summed E-state index contributed by atoms with van der Waals surface area (Å²) in [5.74, 6) is -0.0668. The first kappa shape index (κ1) is 24.8. The number of carbonyl (C=O) groups is 1. The van der Waals surface area contributed by atoms with Crippen LogP contribution < -0.4 is 0 Å². The highest BCUT2D eigenvalue weighted by Gasteiger charge is 2.40. The average Bonchev–Trinajstić information content (AvgIpc) is 2.86. The van der Waals surface area contributed by atoms with Gasteiger partial charge in [-0.1, -0.05) is 50.7 Å². The minimum Gasteiger partial charge on any atom is -0.469 e. The van der Waals surface area contributed by atoms with Crippen molar-refractivity contribution in [2.24, 2.45) is 10.4 Å². The van der Waals surface area contributed by atoms with Gasteiger partial charge in [0.1, 0.15) is 0 Å². The second-order valence-corrected chi connectivity index (χ2v) is 9.32. The Labute approximate surface area is 196 Å². The molecule has 0 amide bonds. The molecule has 33 heavy (non-hydrogen) atoms. The Morgan fingerprint density at radius 2 is 1.42 bits per heavy atom. The van der Waals surface area contributed by atoms with Crippen LogP contribution in [0.2, 0.25) is 0 Å². The predicted octanol–water partition coefficient (Wildman–Crippen LogP) is 5.41. The number of nitrogens with zero attached hydrogens (tertiary/aromatic N) is 3. The van der Waals surface area contributed by atoms with Crippen LogP contribution in [0.15, 0.2) is 53.8 Å². The van der Waals surface area contributed by atoms with Crippen molar-refractivity contribution >= 4 is 12.0 Å². The molecule has 2 aliphatic carbocycles.